The molecule has 0 aliphatic carbocycles. The molecule has 0 atom stereocenters. The van der Waals surface area contributed by atoms with Gasteiger partial charge in [0.2, 0.25) is 0 Å². The SMILES string of the molecule is [Mg+2].c1ccc(C2=c3ccc([nH]3)=C(c3ccccc3)c3ccc([nH]3)C(c3ccccc3)=c3ccc([nH]3)=C(c3ccccc3)c3ccc2[nH]3)cc1. The number of rotatable bonds is 4. The van der Waals surface area contributed by atoms with Gasteiger partial charge in [-0.15, -0.1) is 0 Å². The van der Waals surface area contributed by atoms with E-state index in [9.17, 15) is 0 Å². The molecule has 1 aliphatic rings. The molecule has 9 rings (SSSR count). The molecule has 0 spiro atoms. The Morgan fingerprint density at radius 3 is 0.673 bits per heavy atom. The summed E-state index contributed by atoms with van der Waals surface area (Å²) in [6.07, 6.45) is 0. The Hall–Kier alpha value is -5.75. The molecule has 4 aromatic carbocycles. The van der Waals surface area contributed by atoms with Crippen LogP contribution >= 0.6 is 0 Å². The average Bonchev–Trinajstić information content (AvgIpc) is 3.98. The Morgan fingerprint density at radius 1 is 0.224 bits per heavy atom. The maximum Gasteiger partial charge on any atom is 2.00 e. The minimum atomic E-state index is 0. The van der Waals surface area contributed by atoms with Crippen molar-refractivity contribution in [1.82, 2.24) is 19.9 Å². The van der Waals surface area contributed by atoms with Crippen molar-refractivity contribution in [3.63, 3.8) is 0 Å². The summed E-state index contributed by atoms with van der Waals surface area (Å²) in [4.78, 5) is 15.4. The molecular formula is C44H32MgN4+2. The number of nitrogens with one attached hydrogen (secondary N) is 4. The number of benzene rings is 4. The largest absolute Gasteiger partial charge is 2.00 e. The molecular weight excluding hydrogens is 609 g/mol. The van der Waals surface area contributed by atoms with Crippen LogP contribution in [0.15, 0.2) is 170 Å². The van der Waals surface area contributed by atoms with Crippen molar-refractivity contribution in [2.75, 3.05) is 0 Å². The summed E-state index contributed by atoms with van der Waals surface area (Å²) >= 11 is 0. The molecule has 1 aliphatic heterocycles. The van der Waals surface area contributed by atoms with Crippen molar-refractivity contribution < 1.29 is 0 Å². The van der Waals surface area contributed by atoms with Crippen LogP contribution in [0.3, 0.4) is 0 Å². The zero-order valence-corrected chi connectivity index (χ0v) is 28.3. The van der Waals surface area contributed by atoms with Gasteiger partial charge in [0.25, 0.3) is 0 Å². The van der Waals surface area contributed by atoms with Crippen LogP contribution < -0.4 is 21.4 Å². The second-order valence-corrected chi connectivity index (χ2v) is 12.1. The Labute approximate surface area is 300 Å². The molecule has 0 saturated carbocycles. The smallest absolute Gasteiger partial charge is 0.354 e. The van der Waals surface area contributed by atoms with Crippen LogP contribution in [0.4, 0.5) is 0 Å². The third-order valence-corrected chi connectivity index (χ3v) is 9.15. The first-order valence-electron chi connectivity index (χ1n) is 16.3. The summed E-state index contributed by atoms with van der Waals surface area (Å²) in [6.45, 7) is 0. The molecule has 8 bridgehead atoms. The first kappa shape index (κ1) is 30.6. The molecule has 8 aromatic rings. The van der Waals surface area contributed by atoms with E-state index >= 15 is 0 Å². The third kappa shape index (κ3) is 5.63. The summed E-state index contributed by atoms with van der Waals surface area (Å²) in [7, 11) is 0. The number of aromatic nitrogens is 4. The van der Waals surface area contributed by atoms with E-state index in [2.05, 4.69) is 190 Å². The Balaban J connectivity index is 0.00000348. The molecule has 228 valence electrons. The van der Waals surface area contributed by atoms with Crippen LogP contribution in [0.25, 0.3) is 22.3 Å². The fraction of sp³-hybridized carbons (Fsp3) is 0. The van der Waals surface area contributed by atoms with Gasteiger partial charge in [0.05, 0.1) is 0 Å². The molecule has 0 amide bonds. The summed E-state index contributed by atoms with van der Waals surface area (Å²) in [6, 6.07) is 60.0. The van der Waals surface area contributed by atoms with Gasteiger partial charge >= 0.3 is 23.1 Å². The average molecular weight is 641 g/mol. The molecule has 4 nitrogen and oxygen atoms in total. The van der Waals surface area contributed by atoms with Crippen LogP contribution in [0.2, 0.25) is 0 Å². The zero-order valence-electron chi connectivity index (χ0n) is 26.9. The second-order valence-electron chi connectivity index (χ2n) is 12.1. The maximum atomic E-state index is 3.84. The van der Waals surface area contributed by atoms with Crippen molar-refractivity contribution in [2.45, 2.75) is 0 Å². The monoisotopic (exact) mass is 640 g/mol. The van der Waals surface area contributed by atoms with E-state index in [-0.39, 0.29) is 23.1 Å². The predicted molar refractivity (Wildman–Crippen MR) is 200 cm³/mol. The van der Waals surface area contributed by atoms with Crippen molar-refractivity contribution in [3.8, 4) is 0 Å². The van der Waals surface area contributed by atoms with Gasteiger partial charge < -0.3 is 19.9 Å². The minimum absolute atomic E-state index is 0. The van der Waals surface area contributed by atoms with Gasteiger partial charge in [0.15, 0.2) is 0 Å². The van der Waals surface area contributed by atoms with E-state index < -0.39 is 0 Å². The fourth-order valence-corrected chi connectivity index (χ4v) is 6.99. The van der Waals surface area contributed by atoms with Gasteiger partial charge in [-0.05, 0) is 70.8 Å². The quantitative estimate of drug-likeness (QED) is 0.173. The molecule has 49 heavy (non-hydrogen) atoms. The molecule has 4 N–H and O–H groups in total. The predicted octanol–water partition coefficient (Wildman–Crippen LogP) is 5.92. The van der Waals surface area contributed by atoms with Gasteiger partial charge in [-0.3, -0.25) is 0 Å². The number of hydrogen-bond acceptors (Lipinski definition) is 0. The zero-order chi connectivity index (χ0) is 31.9. The second kappa shape index (κ2) is 13.0. The Bertz CT molecular complexity index is 2280. The molecule has 0 fully saturated rings. The van der Waals surface area contributed by atoms with Crippen LogP contribution in [-0.4, -0.2) is 43.0 Å². The van der Waals surface area contributed by atoms with Crippen LogP contribution in [0.1, 0.15) is 45.0 Å². The summed E-state index contributed by atoms with van der Waals surface area (Å²) in [5, 5.41) is 4.16. The fourth-order valence-electron chi connectivity index (χ4n) is 6.99. The van der Waals surface area contributed by atoms with Crippen molar-refractivity contribution in [1.29, 1.82) is 0 Å². The van der Waals surface area contributed by atoms with E-state index in [0.717, 1.165) is 88.7 Å². The van der Waals surface area contributed by atoms with Gasteiger partial charge in [-0.25, -0.2) is 0 Å². The third-order valence-electron chi connectivity index (χ3n) is 9.15. The maximum absolute atomic E-state index is 3.84. The molecule has 4 aromatic heterocycles. The van der Waals surface area contributed by atoms with E-state index in [1.807, 2.05) is 0 Å². The van der Waals surface area contributed by atoms with Gasteiger partial charge in [-0.2, -0.15) is 0 Å². The first-order valence-corrected chi connectivity index (χ1v) is 16.3. The van der Waals surface area contributed by atoms with Crippen molar-refractivity contribution >= 4 is 45.3 Å². The van der Waals surface area contributed by atoms with E-state index in [0.29, 0.717) is 0 Å². The minimum Gasteiger partial charge on any atom is -0.354 e. The molecule has 0 radical (unpaired) electrons. The topological polar surface area (TPSA) is 63.2 Å². The van der Waals surface area contributed by atoms with Crippen LogP contribution in [-0.2, 0) is 0 Å². The first-order chi connectivity index (χ1) is 23.8. The number of fused-ring (bicyclic) bond motifs is 8. The van der Waals surface area contributed by atoms with E-state index in [1.165, 1.54) is 0 Å². The van der Waals surface area contributed by atoms with Crippen molar-refractivity contribution in [3.05, 3.63) is 236 Å². The Morgan fingerprint density at radius 2 is 0.449 bits per heavy atom. The summed E-state index contributed by atoms with van der Waals surface area (Å²) in [5.74, 6) is 0. The normalized spacial score (nSPS) is 12.6. The van der Waals surface area contributed by atoms with Gasteiger partial charge in [-0.1, -0.05) is 121 Å². The number of hydrogen-bond donors (Lipinski definition) is 4. The molecule has 5 heteroatoms. The van der Waals surface area contributed by atoms with E-state index in [4.69, 9.17) is 0 Å². The Kier molecular flexibility index (Phi) is 8.13. The molecule has 5 heterocycles. The number of aromatic amines is 4. The number of H-pyrrole nitrogens is 4. The van der Waals surface area contributed by atoms with Gasteiger partial charge in [0.1, 0.15) is 0 Å². The molecule has 0 unspecified atom stereocenters. The molecule has 0 saturated heterocycles. The van der Waals surface area contributed by atoms with Gasteiger partial charge in [0, 0.05) is 66.5 Å². The summed E-state index contributed by atoms with van der Waals surface area (Å²) in [5.41, 5.74) is 13.1. The van der Waals surface area contributed by atoms with Crippen LogP contribution in [0.5, 0.6) is 0 Å². The standard InChI is InChI=1S/C44H32N4.Mg/c1-5-13-29(14-6-1)41-33-21-23-35(45-33)42(30-15-7-2-8-16-30)37-25-27-39(47-37)44(32-19-11-4-12-20-32)40-28-26-38(48-40)43(31-17-9-3-10-18-31)36-24-22-34(41)46-36;/h1-28,45-48H;/q;+2. The van der Waals surface area contributed by atoms with Crippen molar-refractivity contribution in [2.24, 2.45) is 0 Å². The van der Waals surface area contributed by atoms with Crippen LogP contribution in [0, 0.1) is 0 Å². The van der Waals surface area contributed by atoms with E-state index in [1.54, 1.807) is 0 Å². The summed E-state index contributed by atoms with van der Waals surface area (Å²) < 4.78 is 0.